The number of hydrogen-bond donors (Lipinski definition) is 2. The Morgan fingerprint density at radius 3 is 2.37 bits per heavy atom. The number of hydrogen-bond acceptors (Lipinski definition) is 3. The molecule has 5 nitrogen and oxygen atoms in total. The number of benzene rings is 2. The van der Waals surface area contributed by atoms with E-state index < -0.39 is 5.97 Å². The highest BCUT2D eigenvalue weighted by atomic mass is 35.5. The highest BCUT2D eigenvalue weighted by Crippen LogP contribution is 2.43. The van der Waals surface area contributed by atoms with E-state index in [9.17, 15) is 9.59 Å². The van der Waals surface area contributed by atoms with Crippen LogP contribution >= 0.6 is 23.2 Å². The molecule has 0 bridgehead atoms. The molecule has 0 aromatic heterocycles. The average molecular weight is 447 g/mol. The van der Waals surface area contributed by atoms with Gasteiger partial charge in [-0.25, -0.2) is 4.79 Å². The third-order valence-corrected chi connectivity index (χ3v) is 6.71. The maximum Gasteiger partial charge on any atom is 0.335 e. The number of likely N-dealkylation sites (tertiary alicyclic amines) is 1. The molecule has 158 valence electrons. The van der Waals surface area contributed by atoms with Gasteiger partial charge in [0.25, 0.3) is 0 Å². The van der Waals surface area contributed by atoms with Crippen LogP contribution in [0.2, 0.25) is 10.0 Å². The van der Waals surface area contributed by atoms with Crippen molar-refractivity contribution in [3.63, 3.8) is 0 Å². The molecular weight excluding hydrogens is 423 g/mol. The molecule has 7 heteroatoms. The van der Waals surface area contributed by atoms with Crippen molar-refractivity contribution in [1.82, 2.24) is 10.2 Å². The summed E-state index contributed by atoms with van der Waals surface area (Å²) in [6.07, 6.45) is 3.46. The van der Waals surface area contributed by atoms with Gasteiger partial charge in [0.15, 0.2) is 0 Å². The predicted octanol–water partition coefficient (Wildman–Crippen LogP) is 5.02. The van der Waals surface area contributed by atoms with Gasteiger partial charge in [-0.1, -0.05) is 35.3 Å². The number of aromatic carboxylic acids is 1. The van der Waals surface area contributed by atoms with Crippen LogP contribution in [0.15, 0.2) is 36.4 Å². The molecule has 0 aliphatic carbocycles. The van der Waals surface area contributed by atoms with Crippen LogP contribution in [-0.4, -0.2) is 41.5 Å². The van der Waals surface area contributed by atoms with Crippen LogP contribution in [0.1, 0.15) is 47.6 Å². The van der Waals surface area contributed by atoms with E-state index in [0.717, 1.165) is 55.6 Å². The number of amides is 1. The van der Waals surface area contributed by atoms with E-state index in [4.69, 9.17) is 28.3 Å². The van der Waals surface area contributed by atoms with E-state index >= 15 is 0 Å². The van der Waals surface area contributed by atoms with Crippen molar-refractivity contribution in [2.24, 2.45) is 5.92 Å². The number of carboxylic acids is 1. The smallest absolute Gasteiger partial charge is 0.335 e. The number of rotatable bonds is 5. The molecule has 2 saturated heterocycles. The van der Waals surface area contributed by atoms with Gasteiger partial charge >= 0.3 is 5.97 Å². The standard InChI is InChI=1S/C23H24Cl2N2O3/c24-18-11-17(14-4-6-15(7-5-14)23(29)30)12-19(25)21(18)22(16-8-9-26-13-16)27-10-2-1-3-20(27)28/h4-7,11-12,16,22,26H,1-3,8-10,13H2,(H,29,30). The summed E-state index contributed by atoms with van der Waals surface area (Å²) in [6, 6.07) is 10.2. The molecule has 2 aromatic carbocycles. The Kier molecular flexibility index (Phi) is 6.32. The van der Waals surface area contributed by atoms with Crippen molar-refractivity contribution in [3.05, 3.63) is 57.6 Å². The molecule has 2 N–H and O–H groups in total. The molecule has 0 saturated carbocycles. The third kappa shape index (κ3) is 4.20. The number of nitrogens with one attached hydrogen (secondary N) is 1. The molecule has 30 heavy (non-hydrogen) atoms. The van der Waals surface area contributed by atoms with Gasteiger partial charge in [0.2, 0.25) is 5.91 Å². The quantitative estimate of drug-likeness (QED) is 0.675. The van der Waals surface area contributed by atoms with Crippen LogP contribution in [0.4, 0.5) is 0 Å². The number of halogens is 2. The number of carboxylic acid groups (broad SMARTS) is 1. The first kappa shape index (κ1) is 21.2. The van der Waals surface area contributed by atoms with Gasteiger partial charge in [-0.05, 0) is 67.1 Å². The van der Waals surface area contributed by atoms with E-state index in [-0.39, 0.29) is 23.4 Å². The summed E-state index contributed by atoms with van der Waals surface area (Å²) < 4.78 is 0. The maximum atomic E-state index is 12.7. The van der Waals surface area contributed by atoms with E-state index in [1.807, 2.05) is 17.0 Å². The summed E-state index contributed by atoms with van der Waals surface area (Å²) in [4.78, 5) is 25.8. The van der Waals surface area contributed by atoms with E-state index in [1.54, 1.807) is 24.3 Å². The summed E-state index contributed by atoms with van der Waals surface area (Å²) in [5.74, 6) is -0.534. The van der Waals surface area contributed by atoms with Crippen LogP contribution < -0.4 is 5.32 Å². The Hall–Kier alpha value is -2.08. The molecule has 2 fully saturated rings. The zero-order valence-electron chi connectivity index (χ0n) is 16.5. The minimum Gasteiger partial charge on any atom is -0.478 e. The SMILES string of the molecule is O=C(O)c1ccc(-c2cc(Cl)c(C(C3CCNC3)N3CCCCC3=O)c(Cl)c2)cc1. The molecule has 2 atom stereocenters. The Morgan fingerprint density at radius 2 is 1.80 bits per heavy atom. The molecule has 2 aliphatic heterocycles. The second-order valence-corrected chi connectivity index (χ2v) is 8.79. The first-order valence-electron chi connectivity index (χ1n) is 10.3. The van der Waals surface area contributed by atoms with Gasteiger partial charge in [-0.15, -0.1) is 0 Å². The minimum absolute atomic E-state index is 0.142. The van der Waals surface area contributed by atoms with Crippen LogP contribution in [0.25, 0.3) is 11.1 Å². The van der Waals surface area contributed by atoms with Crippen LogP contribution in [0.5, 0.6) is 0 Å². The van der Waals surface area contributed by atoms with Gasteiger partial charge in [-0.2, -0.15) is 0 Å². The molecule has 2 aromatic rings. The monoisotopic (exact) mass is 446 g/mol. The second kappa shape index (κ2) is 8.96. The molecule has 0 spiro atoms. The van der Waals surface area contributed by atoms with Crippen molar-refractivity contribution >= 4 is 35.1 Å². The third-order valence-electron chi connectivity index (χ3n) is 6.08. The summed E-state index contributed by atoms with van der Waals surface area (Å²) in [7, 11) is 0. The van der Waals surface area contributed by atoms with Crippen LogP contribution in [-0.2, 0) is 4.79 Å². The van der Waals surface area contributed by atoms with E-state index in [2.05, 4.69) is 5.32 Å². The Morgan fingerprint density at radius 1 is 1.10 bits per heavy atom. The van der Waals surface area contributed by atoms with E-state index in [1.165, 1.54) is 0 Å². The highest BCUT2D eigenvalue weighted by molar-refractivity contribution is 6.36. The lowest BCUT2D eigenvalue weighted by Crippen LogP contribution is -2.42. The van der Waals surface area contributed by atoms with Crippen molar-refractivity contribution in [2.75, 3.05) is 19.6 Å². The second-order valence-electron chi connectivity index (χ2n) is 7.98. The number of piperidine rings is 1. The minimum atomic E-state index is -0.966. The first-order chi connectivity index (χ1) is 14.5. The molecule has 0 radical (unpaired) electrons. The molecular formula is C23H24Cl2N2O3. The normalized spacial score (nSPS) is 20.4. The average Bonchev–Trinajstić information content (AvgIpc) is 3.26. The first-order valence-corrected chi connectivity index (χ1v) is 11.0. The topological polar surface area (TPSA) is 69.6 Å². The van der Waals surface area contributed by atoms with Crippen molar-refractivity contribution < 1.29 is 14.7 Å². The summed E-state index contributed by atoms with van der Waals surface area (Å²) in [5, 5.41) is 13.6. The van der Waals surface area contributed by atoms with Gasteiger partial charge in [0, 0.05) is 35.1 Å². The fourth-order valence-electron chi connectivity index (χ4n) is 4.55. The Bertz CT molecular complexity index is 932. The lowest BCUT2D eigenvalue weighted by Gasteiger charge is -2.39. The zero-order chi connectivity index (χ0) is 21.3. The molecule has 2 unspecified atom stereocenters. The fourth-order valence-corrected chi connectivity index (χ4v) is 5.26. The predicted molar refractivity (Wildman–Crippen MR) is 118 cm³/mol. The Balaban J connectivity index is 1.72. The van der Waals surface area contributed by atoms with Gasteiger partial charge in [0.05, 0.1) is 11.6 Å². The largest absolute Gasteiger partial charge is 0.478 e. The maximum absolute atomic E-state index is 12.7. The summed E-state index contributed by atoms with van der Waals surface area (Å²) >= 11 is 13.5. The highest BCUT2D eigenvalue weighted by Gasteiger charge is 2.37. The van der Waals surface area contributed by atoms with Gasteiger partial charge < -0.3 is 15.3 Å². The summed E-state index contributed by atoms with van der Waals surface area (Å²) in [5.41, 5.74) is 2.70. The van der Waals surface area contributed by atoms with E-state index in [0.29, 0.717) is 16.5 Å². The van der Waals surface area contributed by atoms with Gasteiger partial charge in [0.1, 0.15) is 0 Å². The number of carbonyl (C=O) groups is 2. The molecule has 1 amide bonds. The lowest BCUT2D eigenvalue weighted by atomic mass is 9.88. The van der Waals surface area contributed by atoms with Crippen molar-refractivity contribution in [1.29, 1.82) is 0 Å². The summed E-state index contributed by atoms with van der Waals surface area (Å²) in [6.45, 7) is 2.48. The number of nitrogens with zero attached hydrogens (tertiary/aromatic N) is 1. The van der Waals surface area contributed by atoms with Gasteiger partial charge in [-0.3, -0.25) is 4.79 Å². The molecule has 2 aliphatic rings. The van der Waals surface area contributed by atoms with Crippen LogP contribution in [0.3, 0.4) is 0 Å². The Labute approximate surface area is 186 Å². The fraction of sp³-hybridized carbons (Fsp3) is 0.391. The lowest BCUT2D eigenvalue weighted by molar-refractivity contribution is -0.137. The van der Waals surface area contributed by atoms with Crippen molar-refractivity contribution in [2.45, 2.75) is 31.7 Å². The van der Waals surface area contributed by atoms with Crippen LogP contribution in [0, 0.1) is 5.92 Å². The number of carbonyl (C=O) groups excluding carboxylic acids is 1. The van der Waals surface area contributed by atoms with Crippen molar-refractivity contribution in [3.8, 4) is 11.1 Å². The zero-order valence-corrected chi connectivity index (χ0v) is 18.0. The molecule has 2 heterocycles. The molecule has 4 rings (SSSR count).